The number of rotatable bonds is 2. The van der Waals surface area contributed by atoms with Crippen LogP contribution in [0.3, 0.4) is 0 Å². The number of benzene rings is 1. The van der Waals surface area contributed by atoms with Crippen LogP contribution in [0, 0.1) is 0 Å². The third-order valence-electron chi connectivity index (χ3n) is 4.56. The first-order chi connectivity index (χ1) is 11.8. The third kappa shape index (κ3) is 3.58. The van der Waals surface area contributed by atoms with E-state index in [0.717, 1.165) is 17.9 Å². The Hall–Kier alpha value is -1.65. The minimum absolute atomic E-state index is 0.178. The fraction of sp³-hybridized carbons (Fsp3) is 0.600. The zero-order valence-corrected chi connectivity index (χ0v) is 13.1. The Kier molecular flexibility index (Phi) is 4.36. The highest BCUT2D eigenvalue weighted by molar-refractivity contribution is 5.65. The van der Waals surface area contributed by atoms with Gasteiger partial charge in [0.1, 0.15) is 6.67 Å². The molecule has 1 saturated carbocycles. The molecule has 1 aliphatic carbocycles. The van der Waals surface area contributed by atoms with Gasteiger partial charge in [0.2, 0.25) is 0 Å². The highest BCUT2D eigenvalue weighted by Crippen LogP contribution is 2.50. The van der Waals surface area contributed by atoms with Crippen molar-refractivity contribution < 1.29 is 39.5 Å². The summed E-state index contributed by atoms with van der Waals surface area (Å²) in [5, 5.41) is 2.13. The molecule has 1 saturated heterocycles. The summed E-state index contributed by atoms with van der Waals surface area (Å²) >= 11 is 0. The van der Waals surface area contributed by atoms with Gasteiger partial charge >= 0.3 is 18.5 Å². The lowest BCUT2D eigenvalue weighted by atomic mass is 10.0. The molecule has 0 spiro atoms. The largest absolute Gasteiger partial charge is 0.418 e. The lowest BCUT2D eigenvalue weighted by Gasteiger charge is -2.23. The number of halogens is 9. The van der Waals surface area contributed by atoms with Crippen LogP contribution in [-0.4, -0.2) is 17.7 Å². The van der Waals surface area contributed by atoms with Gasteiger partial charge in [0.25, 0.3) is 0 Å². The molecule has 3 rings (SSSR count). The zero-order chi connectivity index (χ0) is 19.5. The maximum atomic E-state index is 13.3. The Morgan fingerprint density at radius 1 is 0.731 bits per heavy atom. The second kappa shape index (κ2) is 5.93. The monoisotopic (exact) mass is 392 g/mol. The van der Waals surface area contributed by atoms with Crippen LogP contribution in [0.2, 0.25) is 0 Å². The molecule has 1 atom stereocenters. The molecule has 1 aromatic carbocycles. The van der Waals surface area contributed by atoms with Crippen molar-refractivity contribution in [2.45, 2.75) is 50.3 Å². The molecule has 2 aliphatic rings. The fourth-order valence-corrected chi connectivity index (χ4v) is 3.33. The Bertz CT molecular complexity index is 649. The van der Waals surface area contributed by atoms with Crippen LogP contribution in [0.1, 0.15) is 42.4 Å². The van der Waals surface area contributed by atoms with Gasteiger partial charge in [0.15, 0.2) is 0 Å². The molecule has 0 bridgehead atoms. The van der Waals surface area contributed by atoms with Gasteiger partial charge in [-0.1, -0.05) is 12.8 Å². The van der Waals surface area contributed by atoms with E-state index in [2.05, 4.69) is 0 Å². The highest BCUT2D eigenvalue weighted by Gasteiger charge is 2.51. The smallest absolute Gasteiger partial charge is 0.287 e. The Labute approximate surface area is 142 Å². The van der Waals surface area contributed by atoms with Crippen LogP contribution in [0.25, 0.3) is 0 Å². The molecule has 1 aromatic rings. The summed E-state index contributed by atoms with van der Waals surface area (Å²) in [6, 6.07) is -0.703. The summed E-state index contributed by atoms with van der Waals surface area (Å²) in [5.41, 5.74) is -7.10. The van der Waals surface area contributed by atoms with Crippen molar-refractivity contribution in [2.75, 3.05) is 11.7 Å². The van der Waals surface area contributed by atoms with E-state index in [1.807, 2.05) is 0 Å². The van der Waals surface area contributed by atoms with Crippen molar-refractivity contribution in [3.8, 4) is 0 Å². The molecule has 1 unspecified atom stereocenters. The number of hydrazine groups is 1. The maximum Gasteiger partial charge on any atom is 0.418 e. The number of anilines is 1. The van der Waals surface area contributed by atoms with Gasteiger partial charge in [-0.2, -0.15) is 44.5 Å². The average molecular weight is 392 g/mol. The van der Waals surface area contributed by atoms with Crippen LogP contribution in [-0.2, 0) is 18.5 Å². The van der Waals surface area contributed by atoms with Gasteiger partial charge in [0, 0.05) is 6.04 Å². The normalized spacial score (nSPS) is 22.2. The highest BCUT2D eigenvalue weighted by atomic mass is 19.4. The van der Waals surface area contributed by atoms with Crippen LogP contribution >= 0.6 is 0 Å². The Balaban J connectivity index is 2.14. The minimum atomic E-state index is -5.36. The van der Waals surface area contributed by atoms with Crippen molar-refractivity contribution >= 4 is 5.69 Å². The first-order valence-corrected chi connectivity index (χ1v) is 7.74. The van der Waals surface area contributed by atoms with Crippen LogP contribution < -0.4 is 5.01 Å². The van der Waals surface area contributed by atoms with E-state index in [9.17, 15) is 39.5 Å². The minimum Gasteiger partial charge on any atom is -0.287 e. The quantitative estimate of drug-likeness (QED) is 0.472. The summed E-state index contributed by atoms with van der Waals surface area (Å²) in [7, 11) is 0. The van der Waals surface area contributed by atoms with E-state index in [1.54, 1.807) is 0 Å². The molecule has 0 aromatic heterocycles. The van der Waals surface area contributed by atoms with Gasteiger partial charge in [-0.05, 0) is 25.0 Å². The van der Waals surface area contributed by atoms with E-state index in [-0.39, 0.29) is 24.8 Å². The van der Waals surface area contributed by atoms with Crippen molar-refractivity contribution in [1.29, 1.82) is 0 Å². The van der Waals surface area contributed by atoms with Gasteiger partial charge in [-0.25, -0.2) is 0 Å². The van der Waals surface area contributed by atoms with Crippen molar-refractivity contribution in [3.05, 3.63) is 28.8 Å². The van der Waals surface area contributed by atoms with E-state index in [0.29, 0.717) is 12.8 Å². The summed E-state index contributed by atoms with van der Waals surface area (Å²) in [6.07, 6.45) is -13.2. The molecule has 0 N–H and O–H groups in total. The second-order valence-electron chi connectivity index (χ2n) is 6.33. The van der Waals surface area contributed by atoms with Crippen molar-refractivity contribution in [3.63, 3.8) is 0 Å². The molecule has 26 heavy (non-hydrogen) atoms. The summed E-state index contributed by atoms with van der Waals surface area (Å²) < 4.78 is 118. The molecular formula is C15H13F9N2. The SMILES string of the molecule is FC(F)(F)c1cc(C(F)(F)F)c(N2CN2C2CCCC2)c(C(F)(F)F)c1. The molecule has 1 aliphatic heterocycles. The number of hydrogen-bond donors (Lipinski definition) is 0. The molecule has 0 radical (unpaired) electrons. The van der Waals surface area contributed by atoms with Gasteiger partial charge in [-0.15, -0.1) is 0 Å². The number of alkyl halides is 9. The third-order valence-corrected chi connectivity index (χ3v) is 4.56. The number of nitrogens with zero attached hydrogens (tertiary/aromatic N) is 2. The zero-order valence-electron chi connectivity index (χ0n) is 13.1. The van der Waals surface area contributed by atoms with Crippen LogP contribution in [0.4, 0.5) is 45.2 Å². The van der Waals surface area contributed by atoms with Crippen molar-refractivity contribution in [1.82, 2.24) is 5.01 Å². The van der Waals surface area contributed by atoms with Crippen LogP contribution in [0.15, 0.2) is 12.1 Å². The predicted molar refractivity (Wildman–Crippen MR) is 72.9 cm³/mol. The number of hydrogen-bond acceptors (Lipinski definition) is 2. The molecule has 146 valence electrons. The van der Waals surface area contributed by atoms with Gasteiger partial charge < -0.3 is 0 Å². The standard InChI is InChI=1S/C15H13F9N2/c16-13(17,18)8-5-10(14(19,20)21)12(11(6-8)15(22,23)24)26-7-25(26)9-3-1-2-4-9/h5-6,9H,1-4,7H2. The summed E-state index contributed by atoms with van der Waals surface area (Å²) in [6.45, 7) is -0.178. The maximum absolute atomic E-state index is 13.3. The summed E-state index contributed by atoms with van der Waals surface area (Å²) in [4.78, 5) is 0. The van der Waals surface area contributed by atoms with E-state index in [1.165, 1.54) is 5.01 Å². The first kappa shape index (κ1) is 19.1. The van der Waals surface area contributed by atoms with Gasteiger partial charge in [0.05, 0.1) is 22.4 Å². The first-order valence-electron chi connectivity index (χ1n) is 7.74. The lowest BCUT2D eigenvalue weighted by molar-refractivity contribution is -0.147. The van der Waals surface area contributed by atoms with Crippen molar-refractivity contribution in [2.24, 2.45) is 0 Å². The van der Waals surface area contributed by atoms with Gasteiger partial charge in [-0.3, -0.25) is 5.01 Å². The van der Waals surface area contributed by atoms with E-state index < -0.39 is 40.9 Å². The molecular weight excluding hydrogens is 379 g/mol. The van der Waals surface area contributed by atoms with Crippen LogP contribution in [0.5, 0.6) is 0 Å². The Morgan fingerprint density at radius 2 is 1.19 bits per heavy atom. The topological polar surface area (TPSA) is 6.02 Å². The average Bonchev–Trinajstić information content (AvgIpc) is 3.07. The molecule has 2 fully saturated rings. The molecule has 0 amide bonds. The molecule has 2 nitrogen and oxygen atoms in total. The second-order valence-corrected chi connectivity index (χ2v) is 6.33. The predicted octanol–water partition coefficient (Wildman–Crippen LogP) is 5.68. The molecule has 1 heterocycles. The Morgan fingerprint density at radius 3 is 1.58 bits per heavy atom. The summed E-state index contributed by atoms with van der Waals surface area (Å²) in [5.74, 6) is 0. The van der Waals surface area contributed by atoms with E-state index >= 15 is 0 Å². The lowest BCUT2D eigenvalue weighted by Crippen LogP contribution is -2.24. The molecule has 11 heteroatoms. The van der Waals surface area contributed by atoms with E-state index in [4.69, 9.17) is 0 Å². The fourth-order valence-electron chi connectivity index (χ4n) is 3.33.